The van der Waals surface area contributed by atoms with Crippen molar-refractivity contribution in [2.75, 3.05) is 32.8 Å². The molecular formula is C21H37N3O2. The van der Waals surface area contributed by atoms with E-state index >= 15 is 0 Å². The van der Waals surface area contributed by atoms with Crippen molar-refractivity contribution >= 4 is 5.96 Å². The maximum absolute atomic E-state index is 9.19. The molecule has 0 saturated heterocycles. The number of aliphatic hydroxyl groups is 1. The molecule has 0 radical (unpaired) electrons. The summed E-state index contributed by atoms with van der Waals surface area (Å²) in [7, 11) is 0. The van der Waals surface area contributed by atoms with Crippen LogP contribution in [0.3, 0.4) is 0 Å². The average molecular weight is 364 g/mol. The highest BCUT2D eigenvalue weighted by molar-refractivity contribution is 5.79. The maximum Gasteiger partial charge on any atom is 0.191 e. The molecule has 1 rings (SSSR count). The van der Waals surface area contributed by atoms with Crippen molar-refractivity contribution in [3.8, 4) is 5.75 Å². The van der Waals surface area contributed by atoms with E-state index in [1.807, 2.05) is 12.1 Å². The molecule has 3 N–H and O–H groups in total. The molecule has 148 valence electrons. The highest BCUT2D eigenvalue weighted by atomic mass is 16.5. The zero-order chi connectivity index (χ0) is 19.0. The van der Waals surface area contributed by atoms with Gasteiger partial charge < -0.3 is 20.5 Å². The third-order valence-electron chi connectivity index (χ3n) is 4.16. The third-order valence-corrected chi connectivity index (χ3v) is 4.16. The van der Waals surface area contributed by atoms with Crippen LogP contribution in [0.5, 0.6) is 5.75 Å². The molecule has 0 fully saturated rings. The van der Waals surface area contributed by atoms with Gasteiger partial charge in [0.05, 0.1) is 6.61 Å². The van der Waals surface area contributed by atoms with Crippen molar-refractivity contribution in [2.24, 2.45) is 10.9 Å². The summed E-state index contributed by atoms with van der Waals surface area (Å²) in [6.07, 6.45) is 4.99. The summed E-state index contributed by atoms with van der Waals surface area (Å²) in [6.45, 7) is 9.77. The molecule has 0 amide bonds. The molecule has 0 aliphatic carbocycles. The third kappa shape index (κ3) is 9.66. The van der Waals surface area contributed by atoms with Crippen molar-refractivity contribution in [1.82, 2.24) is 10.6 Å². The molecular weight excluding hydrogens is 326 g/mol. The quantitative estimate of drug-likeness (QED) is 0.371. The SMILES string of the molecule is CCCOc1cccc(CCNC(=NCC(CCC)CCO)NCC)c1. The highest BCUT2D eigenvalue weighted by Crippen LogP contribution is 2.14. The molecule has 0 aliphatic heterocycles. The Hall–Kier alpha value is -1.75. The van der Waals surface area contributed by atoms with Gasteiger partial charge in [-0.2, -0.15) is 0 Å². The van der Waals surface area contributed by atoms with E-state index in [1.165, 1.54) is 5.56 Å². The number of aliphatic hydroxyl groups excluding tert-OH is 1. The van der Waals surface area contributed by atoms with Gasteiger partial charge in [-0.25, -0.2) is 0 Å². The van der Waals surface area contributed by atoms with Gasteiger partial charge in [0.25, 0.3) is 0 Å². The lowest BCUT2D eigenvalue weighted by atomic mass is 10.0. The van der Waals surface area contributed by atoms with E-state index in [1.54, 1.807) is 0 Å². The Labute approximate surface area is 159 Å². The summed E-state index contributed by atoms with van der Waals surface area (Å²) in [6, 6.07) is 8.29. The smallest absolute Gasteiger partial charge is 0.191 e. The standard InChI is InChI=1S/C21H37N3O2/c1-4-8-19(12-14-25)17-24-21(22-6-3)23-13-11-18-9-7-10-20(16-18)26-15-5-2/h7,9-10,16,19,25H,4-6,8,11-15,17H2,1-3H3,(H2,22,23,24). The van der Waals surface area contributed by atoms with Crippen molar-refractivity contribution in [2.45, 2.75) is 52.9 Å². The fraction of sp³-hybridized carbons (Fsp3) is 0.667. The van der Waals surface area contributed by atoms with Crippen molar-refractivity contribution in [3.63, 3.8) is 0 Å². The van der Waals surface area contributed by atoms with E-state index in [2.05, 4.69) is 43.5 Å². The van der Waals surface area contributed by atoms with Gasteiger partial charge in [-0.3, -0.25) is 4.99 Å². The van der Waals surface area contributed by atoms with Crippen molar-refractivity contribution in [1.29, 1.82) is 0 Å². The molecule has 1 atom stereocenters. The van der Waals surface area contributed by atoms with E-state index in [9.17, 15) is 5.11 Å². The number of benzene rings is 1. The molecule has 26 heavy (non-hydrogen) atoms. The molecule has 5 nitrogen and oxygen atoms in total. The Bertz CT molecular complexity index is 500. The summed E-state index contributed by atoms with van der Waals surface area (Å²) >= 11 is 0. The minimum Gasteiger partial charge on any atom is -0.494 e. The molecule has 1 unspecified atom stereocenters. The van der Waals surface area contributed by atoms with E-state index in [-0.39, 0.29) is 6.61 Å². The molecule has 0 saturated carbocycles. The van der Waals surface area contributed by atoms with Crippen LogP contribution in [0.25, 0.3) is 0 Å². The number of hydrogen-bond donors (Lipinski definition) is 3. The minimum atomic E-state index is 0.237. The second-order valence-electron chi connectivity index (χ2n) is 6.56. The lowest BCUT2D eigenvalue weighted by molar-refractivity contribution is 0.253. The van der Waals surface area contributed by atoms with Crippen LogP contribution in [-0.4, -0.2) is 43.9 Å². The minimum absolute atomic E-state index is 0.237. The number of rotatable bonds is 13. The lowest BCUT2D eigenvalue weighted by Crippen LogP contribution is -2.38. The highest BCUT2D eigenvalue weighted by Gasteiger charge is 2.07. The number of ether oxygens (including phenoxy) is 1. The first kappa shape index (κ1) is 22.3. The molecule has 1 aromatic carbocycles. The Morgan fingerprint density at radius 3 is 2.69 bits per heavy atom. The Balaban J connectivity index is 2.50. The van der Waals surface area contributed by atoms with Crippen LogP contribution in [-0.2, 0) is 6.42 Å². The maximum atomic E-state index is 9.19. The van der Waals surface area contributed by atoms with Crippen LogP contribution in [0, 0.1) is 5.92 Å². The predicted molar refractivity (Wildman–Crippen MR) is 110 cm³/mol. The van der Waals surface area contributed by atoms with Gasteiger partial charge in [-0.1, -0.05) is 32.4 Å². The van der Waals surface area contributed by atoms with Gasteiger partial charge >= 0.3 is 0 Å². The summed E-state index contributed by atoms with van der Waals surface area (Å²) in [5.74, 6) is 2.24. The Morgan fingerprint density at radius 2 is 2.00 bits per heavy atom. The average Bonchev–Trinajstić information content (AvgIpc) is 2.65. The number of hydrogen-bond acceptors (Lipinski definition) is 3. The monoisotopic (exact) mass is 363 g/mol. The Morgan fingerprint density at radius 1 is 1.15 bits per heavy atom. The molecule has 0 bridgehead atoms. The predicted octanol–water partition coefficient (Wildman–Crippen LogP) is 3.37. The molecule has 0 spiro atoms. The van der Waals surface area contributed by atoms with Gasteiger partial charge in [0.1, 0.15) is 5.75 Å². The second kappa shape index (κ2) is 14.4. The van der Waals surface area contributed by atoms with Gasteiger partial charge in [0.2, 0.25) is 0 Å². The van der Waals surface area contributed by atoms with Crippen LogP contribution < -0.4 is 15.4 Å². The second-order valence-corrected chi connectivity index (χ2v) is 6.56. The fourth-order valence-electron chi connectivity index (χ4n) is 2.82. The molecule has 1 aromatic rings. The van der Waals surface area contributed by atoms with Gasteiger partial charge in [-0.15, -0.1) is 0 Å². The lowest BCUT2D eigenvalue weighted by Gasteiger charge is -2.15. The zero-order valence-corrected chi connectivity index (χ0v) is 16.8. The number of aliphatic imine (C=N–C) groups is 1. The van der Waals surface area contributed by atoms with Crippen molar-refractivity contribution < 1.29 is 9.84 Å². The first-order chi connectivity index (χ1) is 12.7. The molecule has 0 aromatic heterocycles. The fourth-order valence-corrected chi connectivity index (χ4v) is 2.82. The summed E-state index contributed by atoms with van der Waals surface area (Å²) < 4.78 is 5.70. The first-order valence-corrected chi connectivity index (χ1v) is 10.1. The summed E-state index contributed by atoms with van der Waals surface area (Å²) in [4.78, 5) is 4.70. The summed E-state index contributed by atoms with van der Waals surface area (Å²) in [5, 5.41) is 15.9. The van der Waals surface area contributed by atoms with E-state index in [4.69, 9.17) is 9.73 Å². The van der Waals surface area contributed by atoms with Crippen molar-refractivity contribution in [3.05, 3.63) is 29.8 Å². The largest absolute Gasteiger partial charge is 0.494 e. The first-order valence-electron chi connectivity index (χ1n) is 10.1. The van der Waals surface area contributed by atoms with Crippen LogP contribution in [0.15, 0.2) is 29.3 Å². The van der Waals surface area contributed by atoms with Gasteiger partial charge in [0, 0.05) is 26.2 Å². The molecule has 0 heterocycles. The van der Waals surface area contributed by atoms with Gasteiger partial charge in [0.15, 0.2) is 5.96 Å². The summed E-state index contributed by atoms with van der Waals surface area (Å²) in [5.41, 5.74) is 1.26. The Kier molecular flexibility index (Phi) is 12.4. The van der Waals surface area contributed by atoms with Crippen LogP contribution in [0.1, 0.15) is 52.0 Å². The van der Waals surface area contributed by atoms with E-state index in [0.717, 1.165) is 70.1 Å². The van der Waals surface area contributed by atoms with Crippen LogP contribution in [0.2, 0.25) is 0 Å². The van der Waals surface area contributed by atoms with E-state index in [0.29, 0.717) is 5.92 Å². The van der Waals surface area contributed by atoms with Gasteiger partial charge in [-0.05, 0) is 56.2 Å². The van der Waals surface area contributed by atoms with Crippen LogP contribution in [0.4, 0.5) is 0 Å². The number of guanidine groups is 1. The molecule has 5 heteroatoms. The van der Waals surface area contributed by atoms with E-state index < -0.39 is 0 Å². The number of nitrogens with one attached hydrogen (secondary N) is 2. The topological polar surface area (TPSA) is 65.9 Å². The number of nitrogens with zero attached hydrogens (tertiary/aromatic N) is 1. The van der Waals surface area contributed by atoms with Crippen LogP contribution >= 0.6 is 0 Å². The zero-order valence-electron chi connectivity index (χ0n) is 16.8. The normalized spacial score (nSPS) is 12.7. The molecule has 0 aliphatic rings.